The standard InChI is InChI=1S/C11H10F2O/c1-2-8(5-6-14)9-3-4-10(12)11(13)7-9/h2-4,6-8H,1,5H2. The van der Waals surface area contributed by atoms with Crippen molar-refractivity contribution in [2.75, 3.05) is 0 Å². The van der Waals surface area contributed by atoms with E-state index < -0.39 is 11.6 Å². The van der Waals surface area contributed by atoms with Gasteiger partial charge in [0.25, 0.3) is 0 Å². The predicted molar refractivity (Wildman–Crippen MR) is 50.0 cm³/mol. The second-order valence-electron chi connectivity index (χ2n) is 2.92. The van der Waals surface area contributed by atoms with Crippen LogP contribution in [-0.2, 0) is 4.79 Å². The molecule has 0 aliphatic heterocycles. The Bertz CT molecular complexity index is 347. The zero-order valence-electron chi connectivity index (χ0n) is 7.54. The lowest BCUT2D eigenvalue weighted by Gasteiger charge is -2.09. The maximum absolute atomic E-state index is 12.8. The number of rotatable bonds is 4. The molecule has 0 spiro atoms. The molecule has 1 unspecified atom stereocenters. The van der Waals surface area contributed by atoms with Crippen LogP contribution in [0.25, 0.3) is 0 Å². The molecular weight excluding hydrogens is 186 g/mol. The first-order valence-electron chi connectivity index (χ1n) is 4.20. The molecule has 0 N–H and O–H groups in total. The van der Waals surface area contributed by atoms with E-state index in [2.05, 4.69) is 6.58 Å². The van der Waals surface area contributed by atoms with Crippen molar-refractivity contribution in [1.29, 1.82) is 0 Å². The van der Waals surface area contributed by atoms with E-state index >= 15 is 0 Å². The summed E-state index contributed by atoms with van der Waals surface area (Å²) in [6.45, 7) is 3.53. The molecule has 1 aromatic rings. The molecule has 0 aliphatic carbocycles. The van der Waals surface area contributed by atoms with Crippen molar-refractivity contribution < 1.29 is 13.6 Å². The van der Waals surface area contributed by atoms with Gasteiger partial charge in [-0.3, -0.25) is 0 Å². The van der Waals surface area contributed by atoms with Crippen molar-refractivity contribution in [3.05, 3.63) is 48.1 Å². The molecule has 0 amide bonds. The molecule has 0 aromatic heterocycles. The van der Waals surface area contributed by atoms with Gasteiger partial charge in [0.2, 0.25) is 0 Å². The van der Waals surface area contributed by atoms with Crippen LogP contribution in [0.5, 0.6) is 0 Å². The van der Waals surface area contributed by atoms with Crippen molar-refractivity contribution >= 4 is 6.29 Å². The zero-order chi connectivity index (χ0) is 10.6. The van der Waals surface area contributed by atoms with Gasteiger partial charge in [-0.15, -0.1) is 6.58 Å². The van der Waals surface area contributed by atoms with Gasteiger partial charge in [0.05, 0.1) is 0 Å². The summed E-state index contributed by atoms with van der Waals surface area (Å²) in [6.07, 6.45) is 2.50. The van der Waals surface area contributed by atoms with Crippen LogP contribution in [-0.4, -0.2) is 6.29 Å². The Kier molecular flexibility index (Phi) is 3.51. The van der Waals surface area contributed by atoms with Crippen molar-refractivity contribution in [2.45, 2.75) is 12.3 Å². The van der Waals surface area contributed by atoms with Crippen LogP contribution in [0.15, 0.2) is 30.9 Å². The zero-order valence-corrected chi connectivity index (χ0v) is 7.54. The summed E-state index contributed by atoms with van der Waals surface area (Å²) in [5.41, 5.74) is 0.561. The van der Waals surface area contributed by atoms with Gasteiger partial charge < -0.3 is 4.79 Å². The van der Waals surface area contributed by atoms with E-state index in [0.29, 0.717) is 5.56 Å². The highest BCUT2D eigenvalue weighted by Gasteiger charge is 2.09. The number of carbonyl (C=O) groups is 1. The monoisotopic (exact) mass is 196 g/mol. The molecule has 0 saturated carbocycles. The smallest absolute Gasteiger partial charge is 0.159 e. The lowest BCUT2D eigenvalue weighted by atomic mass is 9.96. The largest absolute Gasteiger partial charge is 0.303 e. The average molecular weight is 196 g/mol. The quantitative estimate of drug-likeness (QED) is 0.534. The fourth-order valence-corrected chi connectivity index (χ4v) is 1.22. The van der Waals surface area contributed by atoms with Crippen LogP contribution in [0.1, 0.15) is 17.9 Å². The van der Waals surface area contributed by atoms with E-state index in [1.807, 2.05) is 0 Å². The van der Waals surface area contributed by atoms with Crippen molar-refractivity contribution in [3.63, 3.8) is 0 Å². The molecule has 3 heteroatoms. The van der Waals surface area contributed by atoms with E-state index in [0.717, 1.165) is 18.4 Å². The number of hydrogen-bond acceptors (Lipinski definition) is 1. The molecule has 1 aromatic carbocycles. The number of aldehydes is 1. The first kappa shape index (κ1) is 10.6. The molecule has 0 radical (unpaired) electrons. The molecule has 0 bridgehead atoms. The van der Waals surface area contributed by atoms with Crippen molar-refractivity contribution in [2.24, 2.45) is 0 Å². The molecule has 0 heterocycles. The van der Waals surface area contributed by atoms with Crippen LogP contribution in [0.4, 0.5) is 8.78 Å². The minimum atomic E-state index is -0.903. The van der Waals surface area contributed by atoms with Crippen LogP contribution in [0.3, 0.4) is 0 Å². The van der Waals surface area contributed by atoms with Crippen LogP contribution >= 0.6 is 0 Å². The average Bonchev–Trinajstić information content (AvgIpc) is 2.19. The van der Waals surface area contributed by atoms with Gasteiger partial charge in [-0.25, -0.2) is 8.78 Å². The number of allylic oxidation sites excluding steroid dienone is 1. The Balaban J connectivity index is 2.98. The molecule has 1 atom stereocenters. The fraction of sp³-hybridized carbons (Fsp3) is 0.182. The topological polar surface area (TPSA) is 17.1 Å². The summed E-state index contributed by atoms with van der Waals surface area (Å²) in [4.78, 5) is 10.3. The van der Waals surface area contributed by atoms with Crippen LogP contribution < -0.4 is 0 Å². The van der Waals surface area contributed by atoms with E-state index in [1.54, 1.807) is 6.08 Å². The van der Waals surface area contributed by atoms with Gasteiger partial charge in [-0.2, -0.15) is 0 Å². The lowest BCUT2D eigenvalue weighted by molar-refractivity contribution is -0.108. The number of benzene rings is 1. The van der Waals surface area contributed by atoms with Crippen molar-refractivity contribution in [1.82, 2.24) is 0 Å². The molecule has 0 saturated heterocycles. The highest BCUT2D eigenvalue weighted by Crippen LogP contribution is 2.21. The summed E-state index contributed by atoms with van der Waals surface area (Å²) >= 11 is 0. The molecule has 1 rings (SSSR count). The van der Waals surface area contributed by atoms with Crippen LogP contribution in [0.2, 0.25) is 0 Å². The molecule has 1 nitrogen and oxygen atoms in total. The van der Waals surface area contributed by atoms with E-state index in [9.17, 15) is 13.6 Å². The van der Waals surface area contributed by atoms with Crippen LogP contribution in [0, 0.1) is 11.6 Å². The normalized spacial score (nSPS) is 12.1. The maximum atomic E-state index is 12.8. The van der Waals surface area contributed by atoms with Gasteiger partial charge in [0.15, 0.2) is 11.6 Å². The fourth-order valence-electron chi connectivity index (χ4n) is 1.22. The molecule has 0 fully saturated rings. The summed E-state index contributed by atoms with van der Waals surface area (Å²) in [6, 6.07) is 3.59. The van der Waals surface area contributed by atoms with Crippen molar-refractivity contribution in [3.8, 4) is 0 Å². The van der Waals surface area contributed by atoms with Gasteiger partial charge in [0, 0.05) is 12.3 Å². The highest BCUT2D eigenvalue weighted by molar-refractivity contribution is 5.52. The van der Waals surface area contributed by atoms with Gasteiger partial charge in [0.1, 0.15) is 6.29 Å². The van der Waals surface area contributed by atoms with E-state index in [-0.39, 0.29) is 12.3 Å². The van der Waals surface area contributed by atoms with Gasteiger partial charge >= 0.3 is 0 Å². The Morgan fingerprint density at radius 2 is 2.07 bits per heavy atom. The number of carbonyl (C=O) groups excluding carboxylic acids is 1. The summed E-state index contributed by atoms with van der Waals surface area (Å²) < 4.78 is 25.4. The van der Waals surface area contributed by atoms with E-state index in [1.165, 1.54) is 6.07 Å². The lowest BCUT2D eigenvalue weighted by Crippen LogP contribution is -1.97. The third-order valence-corrected chi connectivity index (χ3v) is 2.01. The van der Waals surface area contributed by atoms with Gasteiger partial charge in [-0.1, -0.05) is 12.1 Å². The molecular formula is C11H10F2O. The SMILES string of the molecule is C=CC(CC=O)c1ccc(F)c(F)c1. The Morgan fingerprint density at radius 3 is 2.57 bits per heavy atom. The first-order chi connectivity index (χ1) is 6.69. The molecule has 14 heavy (non-hydrogen) atoms. The maximum Gasteiger partial charge on any atom is 0.159 e. The minimum absolute atomic E-state index is 0.231. The highest BCUT2D eigenvalue weighted by atomic mass is 19.2. The Hall–Kier alpha value is -1.51. The Morgan fingerprint density at radius 1 is 1.36 bits per heavy atom. The van der Waals surface area contributed by atoms with E-state index in [4.69, 9.17) is 0 Å². The predicted octanol–water partition coefficient (Wildman–Crippen LogP) is 2.82. The summed E-state index contributed by atoms with van der Waals surface area (Å²) in [7, 11) is 0. The second kappa shape index (κ2) is 4.65. The third-order valence-electron chi connectivity index (χ3n) is 2.01. The summed E-state index contributed by atoms with van der Waals surface area (Å²) in [5.74, 6) is -2.04. The Labute approximate surface area is 81.1 Å². The number of halogens is 2. The molecule has 0 aliphatic rings. The summed E-state index contributed by atoms with van der Waals surface area (Å²) in [5, 5.41) is 0. The second-order valence-corrected chi connectivity index (χ2v) is 2.92. The minimum Gasteiger partial charge on any atom is -0.303 e. The molecule has 74 valence electrons. The van der Waals surface area contributed by atoms with Gasteiger partial charge in [-0.05, 0) is 17.7 Å². The third kappa shape index (κ3) is 2.25. The first-order valence-corrected chi connectivity index (χ1v) is 4.20. The number of hydrogen-bond donors (Lipinski definition) is 0.